The number of halogens is 5. The standard InChI is InChI=1S/C14H8BrF4NO/c15-8-2-3-9(10(6-8)14(17,18)19)13(21)7-1-4-12(20)11(16)5-7/h1-6H,20H2. The molecule has 0 bridgehead atoms. The van der Waals surface area contributed by atoms with Gasteiger partial charge in [0.05, 0.1) is 11.3 Å². The van der Waals surface area contributed by atoms with Crippen molar-refractivity contribution < 1.29 is 22.4 Å². The van der Waals surface area contributed by atoms with E-state index in [0.29, 0.717) is 0 Å². The van der Waals surface area contributed by atoms with Crippen LogP contribution < -0.4 is 5.73 Å². The predicted molar refractivity (Wildman–Crippen MR) is 73.4 cm³/mol. The summed E-state index contributed by atoms with van der Waals surface area (Å²) in [5.74, 6) is -1.78. The van der Waals surface area contributed by atoms with Crippen molar-refractivity contribution in [2.75, 3.05) is 5.73 Å². The Morgan fingerprint density at radius 1 is 1.10 bits per heavy atom. The van der Waals surface area contributed by atoms with Gasteiger partial charge in [-0.2, -0.15) is 13.2 Å². The van der Waals surface area contributed by atoms with Crippen LogP contribution in [0, 0.1) is 5.82 Å². The Bertz CT molecular complexity index is 713. The molecule has 110 valence electrons. The van der Waals surface area contributed by atoms with Gasteiger partial charge in [-0.3, -0.25) is 4.79 Å². The molecule has 0 fully saturated rings. The molecular formula is C14H8BrF4NO. The van der Waals surface area contributed by atoms with Gasteiger partial charge in [-0.1, -0.05) is 15.9 Å². The molecule has 0 saturated carbocycles. The van der Waals surface area contributed by atoms with E-state index >= 15 is 0 Å². The number of carbonyl (C=O) groups is 1. The van der Waals surface area contributed by atoms with Crippen LogP contribution in [0.4, 0.5) is 23.2 Å². The summed E-state index contributed by atoms with van der Waals surface area (Å²) < 4.78 is 52.5. The molecule has 0 saturated heterocycles. The van der Waals surface area contributed by atoms with Crippen LogP contribution in [0.15, 0.2) is 40.9 Å². The average molecular weight is 362 g/mol. The Morgan fingerprint density at radius 3 is 2.33 bits per heavy atom. The lowest BCUT2D eigenvalue weighted by Crippen LogP contribution is -2.14. The molecule has 2 nitrogen and oxygen atoms in total. The van der Waals surface area contributed by atoms with E-state index in [1.807, 2.05) is 0 Å². The van der Waals surface area contributed by atoms with Crippen molar-refractivity contribution in [2.45, 2.75) is 6.18 Å². The van der Waals surface area contributed by atoms with Crippen LogP contribution in [0.3, 0.4) is 0 Å². The van der Waals surface area contributed by atoms with Gasteiger partial charge in [0.1, 0.15) is 5.82 Å². The third-order valence-electron chi connectivity index (χ3n) is 2.79. The van der Waals surface area contributed by atoms with E-state index in [-0.39, 0.29) is 15.7 Å². The Kier molecular flexibility index (Phi) is 4.04. The lowest BCUT2D eigenvalue weighted by molar-refractivity contribution is -0.137. The smallest absolute Gasteiger partial charge is 0.396 e. The van der Waals surface area contributed by atoms with Crippen LogP contribution in [0.1, 0.15) is 21.5 Å². The minimum atomic E-state index is -4.69. The fraction of sp³-hybridized carbons (Fsp3) is 0.0714. The number of benzene rings is 2. The van der Waals surface area contributed by atoms with Gasteiger partial charge < -0.3 is 5.73 Å². The largest absolute Gasteiger partial charge is 0.417 e. The minimum absolute atomic E-state index is 0.182. The first-order valence-electron chi connectivity index (χ1n) is 5.66. The number of hydrogen-bond donors (Lipinski definition) is 1. The number of alkyl halides is 3. The van der Waals surface area contributed by atoms with E-state index in [2.05, 4.69) is 15.9 Å². The molecule has 0 aliphatic rings. The quantitative estimate of drug-likeness (QED) is 0.488. The number of nitrogens with two attached hydrogens (primary N) is 1. The van der Waals surface area contributed by atoms with Crippen LogP contribution >= 0.6 is 15.9 Å². The average Bonchev–Trinajstić information content (AvgIpc) is 2.40. The zero-order chi connectivity index (χ0) is 15.8. The second kappa shape index (κ2) is 5.48. The van der Waals surface area contributed by atoms with Crippen molar-refractivity contribution in [3.05, 3.63) is 63.4 Å². The molecule has 0 spiro atoms. The highest BCUT2D eigenvalue weighted by Gasteiger charge is 2.35. The van der Waals surface area contributed by atoms with Crippen LogP contribution in [-0.2, 0) is 6.18 Å². The molecular weight excluding hydrogens is 354 g/mol. The first-order chi connectivity index (χ1) is 9.70. The molecule has 2 aromatic rings. The Balaban J connectivity index is 2.55. The molecule has 7 heteroatoms. The highest BCUT2D eigenvalue weighted by Crippen LogP contribution is 2.35. The predicted octanol–water partition coefficient (Wildman–Crippen LogP) is 4.42. The number of hydrogen-bond acceptors (Lipinski definition) is 2. The van der Waals surface area contributed by atoms with Crippen molar-refractivity contribution in [1.29, 1.82) is 0 Å². The molecule has 0 heterocycles. The molecule has 0 aromatic heterocycles. The lowest BCUT2D eigenvalue weighted by Gasteiger charge is -2.12. The van der Waals surface area contributed by atoms with Gasteiger partial charge in [-0.15, -0.1) is 0 Å². The molecule has 21 heavy (non-hydrogen) atoms. The molecule has 0 aliphatic carbocycles. The lowest BCUT2D eigenvalue weighted by atomic mass is 9.98. The van der Waals surface area contributed by atoms with Crippen molar-refractivity contribution >= 4 is 27.4 Å². The fourth-order valence-corrected chi connectivity index (χ4v) is 2.13. The Labute approximate surface area is 125 Å². The van der Waals surface area contributed by atoms with E-state index in [4.69, 9.17) is 5.73 Å². The SMILES string of the molecule is Nc1ccc(C(=O)c2ccc(Br)cc2C(F)(F)F)cc1F. The second-order valence-electron chi connectivity index (χ2n) is 4.25. The van der Waals surface area contributed by atoms with Gasteiger partial charge in [0.2, 0.25) is 0 Å². The third kappa shape index (κ3) is 3.24. The van der Waals surface area contributed by atoms with Gasteiger partial charge in [0, 0.05) is 15.6 Å². The van der Waals surface area contributed by atoms with Crippen LogP contribution in [0.25, 0.3) is 0 Å². The van der Waals surface area contributed by atoms with Crippen molar-refractivity contribution in [3.63, 3.8) is 0 Å². The zero-order valence-corrected chi connectivity index (χ0v) is 11.9. The van der Waals surface area contributed by atoms with E-state index < -0.39 is 28.9 Å². The Hall–Kier alpha value is -1.89. The van der Waals surface area contributed by atoms with Gasteiger partial charge in [0.15, 0.2) is 5.78 Å². The molecule has 0 atom stereocenters. The highest BCUT2D eigenvalue weighted by atomic mass is 79.9. The molecule has 2 aromatic carbocycles. The molecule has 2 N–H and O–H groups in total. The van der Waals surface area contributed by atoms with Gasteiger partial charge in [-0.05, 0) is 36.4 Å². The fourth-order valence-electron chi connectivity index (χ4n) is 1.77. The third-order valence-corrected chi connectivity index (χ3v) is 3.29. The summed E-state index contributed by atoms with van der Waals surface area (Å²) in [4.78, 5) is 12.2. The number of ketones is 1. The summed E-state index contributed by atoms with van der Waals surface area (Å²) in [5, 5.41) is 0. The maximum Gasteiger partial charge on any atom is 0.417 e. The summed E-state index contributed by atoms with van der Waals surface area (Å²) in [7, 11) is 0. The maximum absolute atomic E-state index is 13.3. The molecule has 0 unspecified atom stereocenters. The first kappa shape index (κ1) is 15.5. The molecule has 2 rings (SSSR count). The number of nitrogen functional groups attached to an aromatic ring is 1. The zero-order valence-electron chi connectivity index (χ0n) is 10.3. The number of carbonyl (C=O) groups excluding carboxylic acids is 1. The van der Waals surface area contributed by atoms with E-state index in [0.717, 1.165) is 24.3 Å². The van der Waals surface area contributed by atoms with Crippen molar-refractivity contribution in [2.24, 2.45) is 0 Å². The van der Waals surface area contributed by atoms with Crippen molar-refractivity contribution in [3.8, 4) is 0 Å². The van der Waals surface area contributed by atoms with Crippen LogP contribution in [-0.4, -0.2) is 5.78 Å². The highest BCUT2D eigenvalue weighted by molar-refractivity contribution is 9.10. The van der Waals surface area contributed by atoms with Gasteiger partial charge in [-0.25, -0.2) is 4.39 Å². The molecule has 0 aliphatic heterocycles. The van der Waals surface area contributed by atoms with Gasteiger partial charge in [0.25, 0.3) is 0 Å². The molecule has 0 amide bonds. The summed E-state index contributed by atoms with van der Waals surface area (Å²) in [6.07, 6.45) is -4.69. The summed E-state index contributed by atoms with van der Waals surface area (Å²) >= 11 is 2.93. The summed E-state index contributed by atoms with van der Waals surface area (Å²) in [5.41, 5.74) is 3.26. The second-order valence-corrected chi connectivity index (χ2v) is 5.17. The maximum atomic E-state index is 13.3. The van der Waals surface area contributed by atoms with E-state index in [1.165, 1.54) is 12.1 Å². The van der Waals surface area contributed by atoms with Crippen LogP contribution in [0.2, 0.25) is 0 Å². The minimum Gasteiger partial charge on any atom is -0.396 e. The van der Waals surface area contributed by atoms with E-state index in [9.17, 15) is 22.4 Å². The first-order valence-corrected chi connectivity index (χ1v) is 6.46. The van der Waals surface area contributed by atoms with E-state index in [1.54, 1.807) is 0 Å². The summed E-state index contributed by atoms with van der Waals surface area (Å²) in [6.45, 7) is 0. The monoisotopic (exact) mass is 361 g/mol. The number of rotatable bonds is 2. The summed E-state index contributed by atoms with van der Waals surface area (Å²) in [6, 6.07) is 6.30. The molecule has 0 radical (unpaired) electrons. The number of anilines is 1. The van der Waals surface area contributed by atoms with Crippen LogP contribution in [0.5, 0.6) is 0 Å². The normalized spacial score (nSPS) is 11.5. The van der Waals surface area contributed by atoms with Crippen molar-refractivity contribution in [1.82, 2.24) is 0 Å². The van der Waals surface area contributed by atoms with Gasteiger partial charge >= 0.3 is 6.18 Å². The Morgan fingerprint density at radius 2 is 1.76 bits per heavy atom. The topological polar surface area (TPSA) is 43.1 Å².